The van der Waals surface area contributed by atoms with Crippen LogP contribution in [0.15, 0.2) is 12.7 Å². The summed E-state index contributed by atoms with van der Waals surface area (Å²) in [7, 11) is 0. The van der Waals surface area contributed by atoms with E-state index in [0.717, 1.165) is 6.08 Å². The molecule has 0 fully saturated rings. The molecule has 1 unspecified atom stereocenters. The van der Waals surface area contributed by atoms with E-state index in [1.807, 2.05) is 0 Å². The van der Waals surface area contributed by atoms with E-state index in [2.05, 4.69) is 11.3 Å². The minimum atomic E-state index is -0.670. The monoisotopic (exact) mass is 178 g/mol. The molecule has 4 heteroatoms. The molecule has 0 amide bonds. The molecule has 0 spiro atoms. The Bertz CT molecular complexity index is 136. The van der Waals surface area contributed by atoms with Crippen molar-refractivity contribution in [3.8, 4) is 0 Å². The van der Waals surface area contributed by atoms with Gasteiger partial charge in [0, 0.05) is 12.0 Å². The lowest BCUT2D eigenvalue weighted by Crippen LogP contribution is -2.17. The normalized spacial score (nSPS) is 12.2. The van der Waals surface area contributed by atoms with E-state index >= 15 is 0 Å². The van der Waals surface area contributed by atoms with Crippen LogP contribution in [0, 0.1) is 0 Å². The van der Waals surface area contributed by atoms with Gasteiger partial charge in [-0.1, -0.05) is 6.58 Å². The van der Waals surface area contributed by atoms with Crippen molar-refractivity contribution in [3.63, 3.8) is 0 Å². The third-order valence-corrected chi connectivity index (χ3v) is 1.25. The van der Waals surface area contributed by atoms with Gasteiger partial charge in [0.2, 0.25) is 0 Å². The number of esters is 1. The highest BCUT2D eigenvalue weighted by Gasteiger charge is 2.04. The second-order valence-electron chi connectivity index (χ2n) is 1.97. The Labute approximate surface area is 70.6 Å². The number of aliphatic hydroxyl groups excluding tert-OH is 1. The number of aliphatic hydroxyl groups is 1. The lowest BCUT2D eigenvalue weighted by Gasteiger charge is -2.07. The molecule has 0 aromatic rings. The van der Waals surface area contributed by atoms with Gasteiger partial charge in [-0.3, -0.25) is 0 Å². The molecule has 1 atom stereocenters. The van der Waals surface area contributed by atoms with E-state index in [9.17, 15) is 4.79 Å². The molecule has 0 aliphatic heterocycles. The summed E-state index contributed by atoms with van der Waals surface area (Å²) in [5.41, 5.74) is 0. The Morgan fingerprint density at radius 1 is 1.82 bits per heavy atom. The van der Waals surface area contributed by atoms with Gasteiger partial charge in [0.05, 0.1) is 6.10 Å². The second-order valence-corrected chi connectivity index (χ2v) is 2.34. The average Bonchev–Trinajstić information content (AvgIpc) is 2.01. The SMILES string of the molecule is C=CC(=O)OCC(O)CCCl. The molecule has 0 saturated heterocycles. The van der Waals surface area contributed by atoms with E-state index in [1.54, 1.807) is 0 Å². The first-order valence-corrected chi connectivity index (χ1v) is 3.77. The second kappa shape index (κ2) is 6.19. The van der Waals surface area contributed by atoms with E-state index in [1.165, 1.54) is 0 Å². The van der Waals surface area contributed by atoms with Crippen LogP contribution in [-0.4, -0.2) is 29.7 Å². The van der Waals surface area contributed by atoms with E-state index in [0.29, 0.717) is 12.3 Å². The summed E-state index contributed by atoms with van der Waals surface area (Å²) in [5, 5.41) is 9.00. The topological polar surface area (TPSA) is 46.5 Å². The van der Waals surface area contributed by atoms with Crippen LogP contribution < -0.4 is 0 Å². The Hall–Kier alpha value is -0.540. The summed E-state index contributed by atoms with van der Waals surface area (Å²) >= 11 is 5.32. The summed E-state index contributed by atoms with van der Waals surface area (Å²) in [6, 6.07) is 0. The molecule has 0 aliphatic carbocycles. The Kier molecular flexibility index (Phi) is 5.88. The van der Waals surface area contributed by atoms with Gasteiger partial charge in [0.1, 0.15) is 6.61 Å². The first-order valence-electron chi connectivity index (χ1n) is 3.24. The Morgan fingerprint density at radius 3 is 2.91 bits per heavy atom. The van der Waals surface area contributed by atoms with Crippen LogP contribution in [0.25, 0.3) is 0 Å². The summed E-state index contributed by atoms with van der Waals surface area (Å²) in [5.74, 6) is -0.175. The lowest BCUT2D eigenvalue weighted by atomic mass is 10.3. The minimum Gasteiger partial charge on any atom is -0.460 e. The molecule has 0 rings (SSSR count). The Morgan fingerprint density at radius 2 is 2.45 bits per heavy atom. The molecule has 11 heavy (non-hydrogen) atoms. The molecule has 0 radical (unpaired) electrons. The van der Waals surface area contributed by atoms with Crippen LogP contribution in [-0.2, 0) is 9.53 Å². The Balaban J connectivity index is 3.37. The molecule has 0 saturated carbocycles. The maximum Gasteiger partial charge on any atom is 0.330 e. The van der Waals surface area contributed by atoms with Gasteiger partial charge in [-0.05, 0) is 6.42 Å². The van der Waals surface area contributed by atoms with Crippen molar-refractivity contribution < 1.29 is 14.6 Å². The number of carbonyl (C=O) groups is 1. The predicted octanol–water partition coefficient (Wildman–Crippen LogP) is 0.705. The van der Waals surface area contributed by atoms with Crippen LogP contribution >= 0.6 is 11.6 Å². The van der Waals surface area contributed by atoms with Crippen LogP contribution in [0.1, 0.15) is 6.42 Å². The van der Waals surface area contributed by atoms with Crippen molar-refractivity contribution in [2.45, 2.75) is 12.5 Å². The minimum absolute atomic E-state index is 0.0163. The van der Waals surface area contributed by atoms with E-state index < -0.39 is 12.1 Å². The standard InChI is InChI=1S/C7H11ClO3/c1-2-7(10)11-5-6(9)3-4-8/h2,6,9H,1,3-5H2. The molecule has 0 aromatic carbocycles. The quantitative estimate of drug-likeness (QED) is 0.383. The van der Waals surface area contributed by atoms with Gasteiger partial charge in [0.15, 0.2) is 0 Å². The molecule has 0 bridgehead atoms. The summed E-state index contributed by atoms with van der Waals surface area (Å²) in [6.45, 7) is 3.19. The first-order chi connectivity index (χ1) is 5.20. The number of rotatable bonds is 5. The fourth-order valence-electron chi connectivity index (χ4n) is 0.447. The van der Waals surface area contributed by atoms with Crippen molar-refractivity contribution >= 4 is 17.6 Å². The van der Waals surface area contributed by atoms with Crippen molar-refractivity contribution in [1.29, 1.82) is 0 Å². The first kappa shape index (κ1) is 10.5. The van der Waals surface area contributed by atoms with Crippen molar-refractivity contribution in [2.75, 3.05) is 12.5 Å². The molecular formula is C7H11ClO3. The highest BCUT2D eigenvalue weighted by Crippen LogP contribution is 1.95. The number of ether oxygens (including phenoxy) is 1. The lowest BCUT2D eigenvalue weighted by molar-refractivity contribution is -0.140. The van der Waals surface area contributed by atoms with Crippen LogP contribution in [0.5, 0.6) is 0 Å². The molecule has 3 nitrogen and oxygen atoms in total. The third kappa shape index (κ3) is 5.88. The molecule has 1 N–H and O–H groups in total. The summed E-state index contributed by atoms with van der Waals surface area (Å²) < 4.78 is 4.54. The zero-order valence-electron chi connectivity index (χ0n) is 6.12. The number of hydrogen-bond acceptors (Lipinski definition) is 3. The largest absolute Gasteiger partial charge is 0.460 e. The smallest absolute Gasteiger partial charge is 0.330 e. The fraction of sp³-hybridized carbons (Fsp3) is 0.571. The predicted molar refractivity (Wildman–Crippen MR) is 42.5 cm³/mol. The summed E-state index contributed by atoms with van der Waals surface area (Å²) in [6.07, 6.45) is 0.802. The maximum absolute atomic E-state index is 10.4. The zero-order chi connectivity index (χ0) is 8.69. The number of alkyl halides is 1. The van der Waals surface area contributed by atoms with E-state index in [4.69, 9.17) is 16.7 Å². The number of hydrogen-bond donors (Lipinski definition) is 1. The highest BCUT2D eigenvalue weighted by molar-refractivity contribution is 6.17. The van der Waals surface area contributed by atoms with Gasteiger partial charge in [-0.15, -0.1) is 11.6 Å². The number of carbonyl (C=O) groups excluding carboxylic acids is 1. The van der Waals surface area contributed by atoms with Crippen LogP contribution in [0.3, 0.4) is 0 Å². The van der Waals surface area contributed by atoms with Gasteiger partial charge in [0.25, 0.3) is 0 Å². The number of halogens is 1. The van der Waals surface area contributed by atoms with Crippen LogP contribution in [0.2, 0.25) is 0 Å². The maximum atomic E-state index is 10.4. The molecular weight excluding hydrogens is 168 g/mol. The zero-order valence-corrected chi connectivity index (χ0v) is 6.88. The molecule has 0 heterocycles. The van der Waals surface area contributed by atoms with Crippen molar-refractivity contribution in [1.82, 2.24) is 0 Å². The van der Waals surface area contributed by atoms with Crippen molar-refractivity contribution in [3.05, 3.63) is 12.7 Å². The van der Waals surface area contributed by atoms with Gasteiger partial charge in [-0.25, -0.2) is 4.79 Å². The highest BCUT2D eigenvalue weighted by atomic mass is 35.5. The van der Waals surface area contributed by atoms with Gasteiger partial charge < -0.3 is 9.84 Å². The third-order valence-electron chi connectivity index (χ3n) is 1.03. The van der Waals surface area contributed by atoms with Gasteiger partial charge >= 0.3 is 5.97 Å². The summed E-state index contributed by atoms with van der Waals surface area (Å²) in [4.78, 5) is 10.4. The molecule has 64 valence electrons. The average molecular weight is 179 g/mol. The van der Waals surface area contributed by atoms with Crippen LogP contribution in [0.4, 0.5) is 0 Å². The van der Waals surface area contributed by atoms with E-state index in [-0.39, 0.29) is 6.61 Å². The van der Waals surface area contributed by atoms with Crippen molar-refractivity contribution in [2.24, 2.45) is 0 Å². The fourth-order valence-corrected chi connectivity index (χ4v) is 0.698. The molecule has 0 aliphatic rings. The molecule has 0 aromatic heterocycles. The van der Waals surface area contributed by atoms with Gasteiger partial charge in [-0.2, -0.15) is 0 Å².